The second-order valence-electron chi connectivity index (χ2n) is 2.68. The zero-order valence-electron chi connectivity index (χ0n) is 5.51. The number of hydrogen-bond acceptors (Lipinski definition) is 3. The van der Waals surface area contributed by atoms with Crippen LogP contribution in [0.3, 0.4) is 0 Å². The molecule has 0 radical (unpaired) electrons. The Morgan fingerprint density at radius 2 is 2.00 bits per heavy atom. The fourth-order valence-corrected chi connectivity index (χ4v) is 1.64. The van der Waals surface area contributed by atoms with Gasteiger partial charge in [0, 0.05) is 12.1 Å². The summed E-state index contributed by atoms with van der Waals surface area (Å²) in [6.45, 7) is 0. The Kier molecular flexibility index (Phi) is 2.82. The van der Waals surface area contributed by atoms with Gasteiger partial charge in [0.1, 0.15) is 0 Å². The molecule has 0 aromatic heterocycles. The summed E-state index contributed by atoms with van der Waals surface area (Å²) in [6, 6.07) is 0.776. The van der Waals surface area contributed by atoms with E-state index in [0.29, 0.717) is 12.1 Å². The van der Waals surface area contributed by atoms with Crippen molar-refractivity contribution in [1.82, 2.24) is 4.72 Å². The van der Waals surface area contributed by atoms with Gasteiger partial charge in [0.15, 0.2) is 0 Å². The molecule has 1 aliphatic carbocycles. The van der Waals surface area contributed by atoms with Gasteiger partial charge in [-0.1, -0.05) is 25.7 Å². The molecule has 0 amide bonds. The lowest BCUT2D eigenvalue weighted by molar-refractivity contribution is 0.370. The Morgan fingerprint density at radius 3 is 2.44 bits per heavy atom. The molecule has 0 saturated heterocycles. The minimum atomic E-state index is 0.330. The first kappa shape index (κ1) is 7.38. The molecule has 0 spiro atoms. The lowest BCUT2D eigenvalue weighted by Gasteiger charge is -2.27. The first-order chi connectivity index (χ1) is 4.34. The number of nitrogens with two attached hydrogens (primary N) is 1. The first-order valence-corrected chi connectivity index (χ1v) is 3.94. The van der Waals surface area contributed by atoms with Crippen molar-refractivity contribution in [3.8, 4) is 0 Å². The average molecular weight is 146 g/mol. The third-order valence-corrected chi connectivity index (χ3v) is 2.32. The SMILES string of the molecule is N[C@H]1CCCCC1NS. The second kappa shape index (κ2) is 3.44. The molecule has 1 aliphatic rings. The highest BCUT2D eigenvalue weighted by molar-refractivity contribution is 7.78. The van der Waals surface area contributed by atoms with Crippen LogP contribution >= 0.6 is 12.8 Å². The molecule has 3 N–H and O–H groups in total. The van der Waals surface area contributed by atoms with Crippen LogP contribution in [0.1, 0.15) is 25.7 Å². The van der Waals surface area contributed by atoms with Crippen molar-refractivity contribution in [3.05, 3.63) is 0 Å². The lowest BCUT2D eigenvalue weighted by atomic mass is 9.92. The van der Waals surface area contributed by atoms with E-state index in [1.54, 1.807) is 0 Å². The van der Waals surface area contributed by atoms with Gasteiger partial charge in [-0.2, -0.15) is 0 Å². The maximum atomic E-state index is 5.78. The van der Waals surface area contributed by atoms with Crippen molar-refractivity contribution in [3.63, 3.8) is 0 Å². The molecule has 54 valence electrons. The summed E-state index contributed by atoms with van der Waals surface area (Å²) in [5.41, 5.74) is 5.78. The molecule has 1 saturated carbocycles. The zero-order chi connectivity index (χ0) is 6.69. The molecular weight excluding hydrogens is 132 g/mol. The van der Waals surface area contributed by atoms with E-state index in [0.717, 1.165) is 6.42 Å². The molecule has 0 aliphatic heterocycles. The fraction of sp³-hybridized carbons (Fsp3) is 1.00. The van der Waals surface area contributed by atoms with Crippen molar-refractivity contribution in [2.24, 2.45) is 5.73 Å². The highest BCUT2D eigenvalue weighted by Crippen LogP contribution is 2.16. The molecule has 1 unspecified atom stereocenters. The van der Waals surface area contributed by atoms with E-state index in [1.807, 2.05) is 0 Å². The quantitative estimate of drug-likeness (QED) is 0.476. The van der Waals surface area contributed by atoms with E-state index >= 15 is 0 Å². The summed E-state index contributed by atoms with van der Waals surface area (Å²) in [6.07, 6.45) is 4.92. The van der Waals surface area contributed by atoms with Crippen molar-refractivity contribution in [2.45, 2.75) is 37.8 Å². The summed E-state index contributed by atoms with van der Waals surface area (Å²) >= 11 is 3.99. The van der Waals surface area contributed by atoms with Crippen LogP contribution in [0.2, 0.25) is 0 Å². The van der Waals surface area contributed by atoms with Crippen molar-refractivity contribution in [1.29, 1.82) is 0 Å². The average Bonchev–Trinajstić information content (AvgIpc) is 1.89. The molecule has 0 bridgehead atoms. The molecule has 1 fully saturated rings. The van der Waals surface area contributed by atoms with E-state index in [9.17, 15) is 0 Å². The summed E-state index contributed by atoms with van der Waals surface area (Å²) in [5, 5.41) is 0. The van der Waals surface area contributed by atoms with Crippen LogP contribution in [0.5, 0.6) is 0 Å². The van der Waals surface area contributed by atoms with E-state index in [-0.39, 0.29) is 0 Å². The molecule has 1 rings (SSSR count). The van der Waals surface area contributed by atoms with Crippen LogP contribution in [0.15, 0.2) is 0 Å². The topological polar surface area (TPSA) is 38.0 Å². The second-order valence-corrected chi connectivity index (χ2v) is 2.94. The number of hydrogen-bond donors (Lipinski definition) is 3. The smallest absolute Gasteiger partial charge is 0.0320 e. The maximum absolute atomic E-state index is 5.78. The maximum Gasteiger partial charge on any atom is 0.0320 e. The normalized spacial score (nSPS) is 36.7. The van der Waals surface area contributed by atoms with Gasteiger partial charge in [0.2, 0.25) is 0 Å². The van der Waals surface area contributed by atoms with Crippen LogP contribution in [0, 0.1) is 0 Å². The number of nitrogens with one attached hydrogen (secondary N) is 1. The Hall–Kier alpha value is 0.270. The van der Waals surface area contributed by atoms with Crippen LogP contribution in [-0.4, -0.2) is 12.1 Å². The zero-order valence-corrected chi connectivity index (χ0v) is 6.40. The van der Waals surface area contributed by atoms with Gasteiger partial charge in [-0.15, -0.1) is 0 Å². The van der Waals surface area contributed by atoms with Crippen LogP contribution < -0.4 is 10.5 Å². The standard InChI is InChI=1S/C6H14N2S/c7-5-3-1-2-4-6(5)8-9/h5-6,8-9H,1-4,7H2/t5-,6?/m0/s1. The van der Waals surface area contributed by atoms with Gasteiger partial charge in [-0.25, -0.2) is 0 Å². The molecular formula is C6H14N2S. The molecule has 0 heterocycles. The van der Waals surface area contributed by atoms with E-state index in [1.165, 1.54) is 19.3 Å². The van der Waals surface area contributed by atoms with Crippen molar-refractivity contribution in [2.75, 3.05) is 0 Å². The predicted octanol–water partition coefficient (Wildman–Crippen LogP) is 0.691. The van der Waals surface area contributed by atoms with Gasteiger partial charge < -0.3 is 5.73 Å². The van der Waals surface area contributed by atoms with Crippen LogP contribution in [-0.2, 0) is 0 Å². The Morgan fingerprint density at radius 1 is 1.33 bits per heavy atom. The van der Waals surface area contributed by atoms with E-state index < -0.39 is 0 Å². The number of thiol groups is 1. The Bertz CT molecular complexity index is 87.1. The molecule has 2 nitrogen and oxygen atoms in total. The van der Waals surface area contributed by atoms with Gasteiger partial charge in [0.05, 0.1) is 0 Å². The highest BCUT2D eigenvalue weighted by Gasteiger charge is 2.19. The minimum Gasteiger partial charge on any atom is -0.326 e. The van der Waals surface area contributed by atoms with Gasteiger partial charge in [-0.05, 0) is 12.8 Å². The Balaban J connectivity index is 2.30. The third kappa shape index (κ3) is 1.85. The molecule has 3 heteroatoms. The van der Waals surface area contributed by atoms with E-state index in [4.69, 9.17) is 5.73 Å². The summed E-state index contributed by atoms with van der Waals surface area (Å²) < 4.78 is 2.92. The fourth-order valence-electron chi connectivity index (χ4n) is 1.32. The van der Waals surface area contributed by atoms with Crippen LogP contribution in [0.25, 0.3) is 0 Å². The molecule has 9 heavy (non-hydrogen) atoms. The van der Waals surface area contributed by atoms with Gasteiger partial charge in [0.25, 0.3) is 0 Å². The molecule has 2 atom stereocenters. The van der Waals surface area contributed by atoms with Crippen molar-refractivity contribution < 1.29 is 0 Å². The molecule has 0 aromatic rings. The summed E-state index contributed by atoms with van der Waals surface area (Å²) in [4.78, 5) is 0. The summed E-state index contributed by atoms with van der Waals surface area (Å²) in [7, 11) is 0. The first-order valence-electron chi connectivity index (χ1n) is 3.50. The predicted molar refractivity (Wildman–Crippen MR) is 42.4 cm³/mol. The molecule has 0 aromatic carbocycles. The highest BCUT2D eigenvalue weighted by atomic mass is 32.1. The number of rotatable bonds is 1. The van der Waals surface area contributed by atoms with Gasteiger partial charge in [-0.3, -0.25) is 4.72 Å². The van der Waals surface area contributed by atoms with E-state index in [2.05, 4.69) is 17.5 Å². The summed E-state index contributed by atoms with van der Waals surface area (Å²) in [5.74, 6) is 0. The van der Waals surface area contributed by atoms with Crippen LogP contribution in [0.4, 0.5) is 0 Å². The lowest BCUT2D eigenvalue weighted by Crippen LogP contribution is -2.43. The third-order valence-electron chi connectivity index (χ3n) is 1.99. The minimum absolute atomic E-state index is 0.330. The Labute approximate surface area is 61.7 Å². The van der Waals surface area contributed by atoms with Crippen molar-refractivity contribution >= 4 is 12.8 Å². The largest absolute Gasteiger partial charge is 0.326 e. The monoisotopic (exact) mass is 146 g/mol. The van der Waals surface area contributed by atoms with Gasteiger partial charge >= 0.3 is 0 Å².